The Kier molecular flexibility index (Phi) is 4.91. The Morgan fingerprint density at radius 2 is 1.85 bits per heavy atom. The summed E-state index contributed by atoms with van der Waals surface area (Å²) in [7, 11) is 0. The average Bonchev–Trinajstić information content (AvgIpc) is 2.98. The molecule has 1 aromatic carbocycles. The second kappa shape index (κ2) is 7.64. The van der Waals surface area contributed by atoms with Gasteiger partial charge in [0.15, 0.2) is 11.5 Å². The van der Waals surface area contributed by atoms with Gasteiger partial charge in [-0.2, -0.15) is 0 Å². The Labute approximate surface area is 153 Å². The minimum absolute atomic E-state index is 0.0265. The van der Waals surface area contributed by atoms with Crippen molar-refractivity contribution in [3.63, 3.8) is 0 Å². The van der Waals surface area contributed by atoms with E-state index in [0.29, 0.717) is 12.2 Å². The number of likely N-dealkylation sites (tertiary alicyclic amines) is 1. The maximum absolute atomic E-state index is 12.7. The molecule has 1 aromatic heterocycles. The van der Waals surface area contributed by atoms with Crippen molar-refractivity contribution in [3.8, 4) is 11.5 Å². The molecule has 1 N–H and O–H groups in total. The van der Waals surface area contributed by atoms with Crippen LogP contribution in [0.3, 0.4) is 0 Å². The number of aromatic nitrogens is 1. The molecule has 26 heavy (non-hydrogen) atoms. The fourth-order valence-electron chi connectivity index (χ4n) is 3.35. The lowest BCUT2D eigenvalue weighted by Crippen LogP contribution is -2.32. The average molecular weight is 353 g/mol. The van der Waals surface area contributed by atoms with Gasteiger partial charge >= 0.3 is 0 Å². The van der Waals surface area contributed by atoms with Crippen LogP contribution < -0.4 is 14.8 Å². The van der Waals surface area contributed by atoms with Crippen LogP contribution in [0, 0.1) is 0 Å². The third-order valence-electron chi connectivity index (χ3n) is 4.81. The van der Waals surface area contributed by atoms with Crippen LogP contribution in [0.15, 0.2) is 36.5 Å². The highest BCUT2D eigenvalue weighted by atomic mass is 16.7. The molecular weight excluding hydrogens is 330 g/mol. The van der Waals surface area contributed by atoms with Gasteiger partial charge in [0.2, 0.25) is 6.79 Å². The number of pyridine rings is 1. The zero-order valence-electron chi connectivity index (χ0n) is 14.7. The topological polar surface area (TPSA) is 63.7 Å². The Morgan fingerprint density at radius 3 is 2.69 bits per heavy atom. The van der Waals surface area contributed by atoms with Gasteiger partial charge in [0.1, 0.15) is 5.69 Å². The van der Waals surface area contributed by atoms with Crippen molar-refractivity contribution in [3.05, 3.63) is 47.8 Å². The monoisotopic (exact) mass is 353 g/mol. The second-order valence-corrected chi connectivity index (χ2v) is 6.68. The van der Waals surface area contributed by atoms with E-state index in [1.807, 2.05) is 35.2 Å². The van der Waals surface area contributed by atoms with E-state index in [9.17, 15) is 4.79 Å². The zero-order chi connectivity index (χ0) is 17.8. The van der Waals surface area contributed by atoms with E-state index in [0.717, 1.165) is 48.7 Å². The third-order valence-corrected chi connectivity index (χ3v) is 4.81. The number of hydrogen-bond acceptors (Lipinski definition) is 5. The molecule has 6 nitrogen and oxygen atoms in total. The molecule has 3 heterocycles. The van der Waals surface area contributed by atoms with Gasteiger partial charge in [-0.15, -0.1) is 0 Å². The summed E-state index contributed by atoms with van der Waals surface area (Å²) in [6.45, 7) is 2.57. The van der Waals surface area contributed by atoms with Crippen LogP contribution in [0.25, 0.3) is 0 Å². The predicted octanol–water partition coefficient (Wildman–Crippen LogP) is 3.44. The Bertz CT molecular complexity index is 786. The number of hydrogen-bond donors (Lipinski definition) is 1. The second-order valence-electron chi connectivity index (χ2n) is 6.68. The Balaban J connectivity index is 1.41. The van der Waals surface area contributed by atoms with Gasteiger partial charge in [0.05, 0.1) is 0 Å². The number of amides is 1. The molecule has 0 saturated carbocycles. The molecule has 0 radical (unpaired) electrons. The van der Waals surface area contributed by atoms with Crippen LogP contribution in [0.4, 0.5) is 5.69 Å². The highest BCUT2D eigenvalue weighted by molar-refractivity contribution is 5.93. The SMILES string of the molecule is O=C(c1cc(NCc2ccc3c(c2)OCO3)ccn1)N1CCCCCC1. The van der Waals surface area contributed by atoms with Crippen LogP contribution in [0.1, 0.15) is 41.7 Å². The van der Waals surface area contributed by atoms with Crippen molar-refractivity contribution in [1.29, 1.82) is 0 Å². The highest BCUT2D eigenvalue weighted by Crippen LogP contribution is 2.32. The lowest BCUT2D eigenvalue weighted by Gasteiger charge is -2.20. The smallest absolute Gasteiger partial charge is 0.272 e. The third kappa shape index (κ3) is 3.74. The standard InChI is InChI=1S/C20H23N3O3/c24-20(23-9-3-1-2-4-10-23)17-12-16(7-8-21-17)22-13-15-5-6-18-19(11-15)26-14-25-18/h5-8,11-12H,1-4,9-10,13-14H2,(H,21,22). The molecule has 2 aliphatic rings. The normalized spacial score (nSPS) is 16.2. The zero-order valence-corrected chi connectivity index (χ0v) is 14.7. The maximum Gasteiger partial charge on any atom is 0.272 e. The van der Waals surface area contributed by atoms with Crippen molar-refractivity contribution >= 4 is 11.6 Å². The number of ether oxygens (including phenoxy) is 2. The van der Waals surface area contributed by atoms with Crippen LogP contribution in [-0.2, 0) is 6.54 Å². The number of carbonyl (C=O) groups is 1. The van der Waals surface area contributed by atoms with Gasteiger partial charge in [-0.05, 0) is 42.7 Å². The maximum atomic E-state index is 12.7. The van der Waals surface area contributed by atoms with Crippen LogP contribution in [0.5, 0.6) is 11.5 Å². The summed E-state index contributed by atoms with van der Waals surface area (Å²) in [6, 6.07) is 9.61. The first kappa shape index (κ1) is 16.7. The molecule has 1 saturated heterocycles. The lowest BCUT2D eigenvalue weighted by molar-refractivity contribution is 0.0756. The summed E-state index contributed by atoms with van der Waals surface area (Å²) in [6.07, 6.45) is 6.25. The van der Waals surface area contributed by atoms with Crippen molar-refractivity contribution in [2.24, 2.45) is 0 Å². The summed E-state index contributed by atoms with van der Waals surface area (Å²) in [4.78, 5) is 18.9. The fourth-order valence-corrected chi connectivity index (χ4v) is 3.35. The minimum Gasteiger partial charge on any atom is -0.454 e. The Hall–Kier alpha value is -2.76. The first-order chi connectivity index (χ1) is 12.8. The van der Waals surface area contributed by atoms with E-state index >= 15 is 0 Å². The van der Waals surface area contributed by atoms with Gasteiger partial charge in [-0.25, -0.2) is 0 Å². The molecule has 0 atom stereocenters. The molecule has 1 fully saturated rings. The molecule has 2 aliphatic heterocycles. The molecule has 0 aliphatic carbocycles. The largest absolute Gasteiger partial charge is 0.454 e. The Morgan fingerprint density at radius 1 is 1.04 bits per heavy atom. The van der Waals surface area contributed by atoms with E-state index in [1.54, 1.807) is 6.20 Å². The number of benzene rings is 1. The van der Waals surface area contributed by atoms with Crippen LogP contribution in [0.2, 0.25) is 0 Å². The molecule has 6 heteroatoms. The number of rotatable bonds is 4. The molecule has 136 valence electrons. The summed E-state index contributed by atoms with van der Waals surface area (Å²) >= 11 is 0. The molecule has 0 unspecified atom stereocenters. The van der Waals surface area contributed by atoms with E-state index in [-0.39, 0.29) is 12.7 Å². The molecular formula is C20H23N3O3. The molecule has 0 bridgehead atoms. The predicted molar refractivity (Wildman–Crippen MR) is 98.5 cm³/mol. The van der Waals surface area contributed by atoms with Crippen LogP contribution >= 0.6 is 0 Å². The van der Waals surface area contributed by atoms with Gasteiger partial charge in [0, 0.05) is 31.5 Å². The summed E-state index contributed by atoms with van der Waals surface area (Å²) in [5, 5.41) is 3.36. The van der Waals surface area contributed by atoms with Crippen molar-refractivity contribution < 1.29 is 14.3 Å². The lowest BCUT2D eigenvalue weighted by atomic mass is 10.2. The highest BCUT2D eigenvalue weighted by Gasteiger charge is 2.18. The number of anilines is 1. The van der Waals surface area contributed by atoms with Crippen molar-refractivity contribution in [2.45, 2.75) is 32.2 Å². The first-order valence-electron chi connectivity index (χ1n) is 9.17. The molecule has 1 amide bonds. The summed E-state index contributed by atoms with van der Waals surface area (Å²) in [5.74, 6) is 1.58. The van der Waals surface area contributed by atoms with Crippen LogP contribution in [-0.4, -0.2) is 35.7 Å². The number of fused-ring (bicyclic) bond motifs is 1. The van der Waals surface area contributed by atoms with Gasteiger partial charge in [-0.3, -0.25) is 9.78 Å². The number of carbonyl (C=O) groups excluding carboxylic acids is 1. The van der Waals surface area contributed by atoms with Crippen molar-refractivity contribution in [1.82, 2.24) is 9.88 Å². The minimum atomic E-state index is 0.0265. The van der Waals surface area contributed by atoms with E-state index < -0.39 is 0 Å². The van der Waals surface area contributed by atoms with E-state index in [4.69, 9.17) is 9.47 Å². The van der Waals surface area contributed by atoms with E-state index in [2.05, 4.69) is 10.3 Å². The van der Waals surface area contributed by atoms with Gasteiger partial charge in [0.25, 0.3) is 5.91 Å². The van der Waals surface area contributed by atoms with Crippen molar-refractivity contribution in [2.75, 3.05) is 25.2 Å². The molecule has 0 spiro atoms. The van der Waals surface area contributed by atoms with E-state index in [1.165, 1.54) is 12.8 Å². The molecule has 4 rings (SSSR count). The number of nitrogens with zero attached hydrogens (tertiary/aromatic N) is 2. The van der Waals surface area contributed by atoms with Gasteiger partial charge < -0.3 is 19.7 Å². The molecule has 2 aromatic rings. The fraction of sp³-hybridized carbons (Fsp3) is 0.400. The quantitative estimate of drug-likeness (QED) is 0.912. The summed E-state index contributed by atoms with van der Waals surface area (Å²) < 4.78 is 10.7. The number of nitrogens with one attached hydrogen (secondary N) is 1. The first-order valence-corrected chi connectivity index (χ1v) is 9.17. The summed E-state index contributed by atoms with van der Waals surface area (Å²) in [5.41, 5.74) is 2.48. The van der Waals surface area contributed by atoms with Gasteiger partial charge in [-0.1, -0.05) is 18.9 Å².